The number of amides is 2. The average molecular weight is 385 g/mol. The lowest BCUT2D eigenvalue weighted by Gasteiger charge is -2.22. The van der Waals surface area contributed by atoms with Gasteiger partial charge in [0, 0.05) is 47.7 Å². The van der Waals surface area contributed by atoms with Crippen molar-refractivity contribution in [2.45, 2.75) is 46.0 Å². The number of nitrogens with one attached hydrogen (secondary N) is 2. The van der Waals surface area contributed by atoms with Crippen LogP contribution in [-0.2, 0) is 9.59 Å². The van der Waals surface area contributed by atoms with Crippen molar-refractivity contribution in [1.82, 2.24) is 20.9 Å². The molecule has 0 radical (unpaired) electrons. The Morgan fingerprint density at radius 1 is 0.840 bits per heavy atom. The van der Waals surface area contributed by atoms with Gasteiger partial charge in [-0.2, -0.15) is 0 Å². The zero-order valence-corrected chi connectivity index (χ0v) is 17.1. The highest BCUT2D eigenvalue weighted by atomic mass is 32.1. The number of hydrogen-bond donors (Lipinski definition) is 2. The summed E-state index contributed by atoms with van der Waals surface area (Å²) in [6, 6.07) is 0. The number of hydrazine groups is 2. The minimum Gasteiger partial charge on any atom is -0.288 e. The molecule has 8 heteroatoms. The molecule has 0 spiro atoms. The van der Waals surface area contributed by atoms with Crippen molar-refractivity contribution in [1.29, 1.82) is 0 Å². The first-order valence-corrected chi connectivity index (χ1v) is 9.44. The van der Waals surface area contributed by atoms with Gasteiger partial charge in [-0.05, 0) is 25.7 Å². The average Bonchev–Trinajstić information content (AvgIpc) is 3.37. The Labute approximate surface area is 160 Å². The van der Waals surface area contributed by atoms with Gasteiger partial charge < -0.3 is 0 Å². The number of carbonyl (C=O) groups excluding carboxylic acids is 2. The van der Waals surface area contributed by atoms with E-state index in [-0.39, 0.29) is 29.1 Å². The van der Waals surface area contributed by atoms with Crippen molar-refractivity contribution in [2.75, 3.05) is 27.2 Å². The van der Waals surface area contributed by atoms with E-state index in [1.807, 2.05) is 0 Å². The molecule has 0 heterocycles. The Morgan fingerprint density at radius 2 is 1.16 bits per heavy atom. The second-order valence-corrected chi connectivity index (χ2v) is 8.91. The summed E-state index contributed by atoms with van der Waals surface area (Å²) in [5.41, 5.74) is 5.67. The van der Waals surface area contributed by atoms with E-state index < -0.39 is 0 Å². The zero-order valence-electron chi connectivity index (χ0n) is 15.5. The fraction of sp³-hybridized carbons (Fsp3) is 0.765. The van der Waals surface area contributed by atoms with Gasteiger partial charge in [0.1, 0.15) is 6.42 Å². The van der Waals surface area contributed by atoms with Gasteiger partial charge in [-0.15, -0.1) is 0 Å². The van der Waals surface area contributed by atoms with Crippen LogP contribution in [0.4, 0.5) is 0 Å². The van der Waals surface area contributed by atoms with E-state index in [0.29, 0.717) is 13.1 Å². The molecule has 2 aliphatic rings. The van der Waals surface area contributed by atoms with E-state index in [1.165, 1.54) is 0 Å². The van der Waals surface area contributed by atoms with Crippen LogP contribution in [0.3, 0.4) is 0 Å². The topological polar surface area (TPSA) is 64.7 Å². The van der Waals surface area contributed by atoms with Gasteiger partial charge in [-0.3, -0.25) is 20.4 Å². The molecule has 0 atom stereocenters. The highest BCUT2D eigenvalue weighted by Gasteiger charge is 2.42. The molecule has 2 amide bonds. The standard InChI is InChI=1S/C17H28N4O2S2/c1-16(5-6-16)12(24)10-20(3)18-14(22)9-15(23)19-21(4)11-13(25)17(2)7-8-17/h5-11H2,1-4H3,(H,18,22)(H,19,23). The van der Waals surface area contributed by atoms with E-state index in [0.717, 1.165) is 35.4 Å². The Bertz CT molecular complexity index is 535. The molecule has 2 rings (SSSR count). The summed E-state index contributed by atoms with van der Waals surface area (Å²) in [7, 11) is 3.52. The van der Waals surface area contributed by atoms with E-state index in [9.17, 15) is 9.59 Å². The van der Waals surface area contributed by atoms with Crippen molar-refractivity contribution < 1.29 is 9.59 Å². The highest BCUT2D eigenvalue weighted by Crippen LogP contribution is 2.47. The summed E-state index contributed by atoms with van der Waals surface area (Å²) in [4.78, 5) is 25.9. The van der Waals surface area contributed by atoms with Crippen molar-refractivity contribution in [3.63, 3.8) is 0 Å². The third-order valence-corrected chi connectivity index (χ3v) is 6.30. The monoisotopic (exact) mass is 384 g/mol. The molecule has 2 fully saturated rings. The van der Waals surface area contributed by atoms with Crippen LogP contribution in [0.15, 0.2) is 0 Å². The first kappa shape index (κ1) is 20.4. The molecule has 25 heavy (non-hydrogen) atoms. The lowest BCUT2D eigenvalue weighted by molar-refractivity contribution is -0.133. The van der Waals surface area contributed by atoms with Gasteiger partial charge in [-0.25, -0.2) is 10.0 Å². The fourth-order valence-electron chi connectivity index (χ4n) is 2.47. The first-order chi connectivity index (χ1) is 11.5. The fourth-order valence-corrected chi connectivity index (χ4v) is 3.27. The molecule has 0 aromatic rings. The predicted molar refractivity (Wildman–Crippen MR) is 106 cm³/mol. The maximum absolute atomic E-state index is 12.0. The highest BCUT2D eigenvalue weighted by molar-refractivity contribution is 7.80. The van der Waals surface area contributed by atoms with Crippen LogP contribution in [0.2, 0.25) is 0 Å². The Balaban J connectivity index is 1.66. The van der Waals surface area contributed by atoms with Crippen LogP contribution >= 0.6 is 24.4 Å². The largest absolute Gasteiger partial charge is 0.288 e. The third kappa shape index (κ3) is 6.06. The minimum absolute atomic E-state index is 0.144. The molecule has 2 N–H and O–H groups in total. The molecular formula is C17H28N4O2S2. The summed E-state index contributed by atoms with van der Waals surface area (Å²) in [6.45, 7) is 5.32. The lowest BCUT2D eigenvalue weighted by atomic mass is 10.1. The molecule has 0 aromatic heterocycles. The van der Waals surface area contributed by atoms with Gasteiger partial charge in [0.25, 0.3) is 0 Å². The Kier molecular flexibility index (Phi) is 6.30. The summed E-state index contributed by atoms with van der Waals surface area (Å²) in [6.07, 6.45) is 4.22. The van der Waals surface area contributed by atoms with Crippen molar-refractivity contribution in [2.24, 2.45) is 10.8 Å². The lowest BCUT2D eigenvalue weighted by Crippen LogP contribution is -2.47. The van der Waals surface area contributed by atoms with Gasteiger partial charge in [0.05, 0.1) is 0 Å². The molecule has 0 aromatic carbocycles. The summed E-state index contributed by atoms with van der Waals surface area (Å²) < 4.78 is 0. The molecule has 0 aliphatic heterocycles. The predicted octanol–water partition coefficient (Wildman–Crippen LogP) is 1.64. The molecule has 140 valence electrons. The van der Waals surface area contributed by atoms with E-state index in [1.54, 1.807) is 24.1 Å². The summed E-state index contributed by atoms with van der Waals surface area (Å²) in [5.74, 6) is -0.706. The summed E-state index contributed by atoms with van der Waals surface area (Å²) >= 11 is 10.8. The molecule has 0 bridgehead atoms. The van der Waals surface area contributed by atoms with Crippen molar-refractivity contribution in [3.8, 4) is 0 Å². The maximum Gasteiger partial charge on any atom is 0.243 e. The zero-order chi connectivity index (χ0) is 18.8. The molecular weight excluding hydrogens is 356 g/mol. The van der Waals surface area contributed by atoms with E-state index >= 15 is 0 Å². The Morgan fingerprint density at radius 3 is 1.44 bits per heavy atom. The van der Waals surface area contributed by atoms with Crippen molar-refractivity contribution in [3.05, 3.63) is 0 Å². The second-order valence-electron chi connectivity index (χ2n) is 7.93. The quantitative estimate of drug-likeness (QED) is 0.339. The molecule has 2 saturated carbocycles. The van der Waals surface area contributed by atoms with Crippen LogP contribution in [0.1, 0.15) is 46.0 Å². The van der Waals surface area contributed by atoms with E-state index in [4.69, 9.17) is 24.4 Å². The number of carbonyl (C=O) groups is 2. The number of thiocarbonyl (C=S) groups is 2. The third-order valence-electron chi connectivity index (χ3n) is 5.06. The van der Waals surface area contributed by atoms with Crippen LogP contribution in [0, 0.1) is 10.8 Å². The van der Waals surface area contributed by atoms with Crippen molar-refractivity contribution >= 4 is 46.0 Å². The minimum atomic E-state index is -0.353. The SMILES string of the molecule is CN(CC(=S)C1(C)CC1)NC(=O)CC(=O)NN(C)CC(=S)C1(C)CC1. The van der Waals surface area contributed by atoms with Crippen LogP contribution in [-0.4, -0.2) is 58.7 Å². The number of rotatable bonds is 10. The number of nitrogens with zero attached hydrogens (tertiary/aromatic N) is 2. The van der Waals surface area contributed by atoms with E-state index in [2.05, 4.69) is 24.7 Å². The molecule has 0 unspecified atom stereocenters. The van der Waals surface area contributed by atoms with Gasteiger partial charge in [0.15, 0.2) is 0 Å². The smallest absolute Gasteiger partial charge is 0.243 e. The molecule has 0 saturated heterocycles. The van der Waals surface area contributed by atoms with Gasteiger partial charge in [-0.1, -0.05) is 38.3 Å². The first-order valence-electron chi connectivity index (χ1n) is 8.62. The Hall–Kier alpha value is -0.960. The van der Waals surface area contributed by atoms with Crippen LogP contribution in [0.5, 0.6) is 0 Å². The van der Waals surface area contributed by atoms with Gasteiger partial charge in [0.2, 0.25) is 11.8 Å². The van der Waals surface area contributed by atoms with Crippen LogP contribution < -0.4 is 10.9 Å². The van der Waals surface area contributed by atoms with Gasteiger partial charge >= 0.3 is 0 Å². The molecule has 6 nitrogen and oxygen atoms in total. The summed E-state index contributed by atoms with van der Waals surface area (Å²) in [5, 5.41) is 3.29. The second kappa shape index (κ2) is 7.73. The maximum atomic E-state index is 12.0. The normalized spacial score (nSPS) is 19.4. The van der Waals surface area contributed by atoms with Crippen LogP contribution in [0.25, 0.3) is 0 Å². The number of hydrogen-bond acceptors (Lipinski definition) is 6. The molecule has 2 aliphatic carbocycles.